The molecule has 0 radical (unpaired) electrons. The third-order valence-corrected chi connectivity index (χ3v) is 5.12. The molecule has 1 N–H and O–H groups in total. The number of rotatable bonds is 4. The molecule has 2 aliphatic rings. The monoisotopic (exact) mass is 368 g/mol. The topological polar surface area (TPSA) is 76.6 Å². The average Bonchev–Trinajstić information content (AvgIpc) is 3.16. The predicted octanol–water partition coefficient (Wildman–Crippen LogP) is 2.06. The van der Waals surface area contributed by atoms with Gasteiger partial charge < -0.3 is 19.7 Å². The number of nitrogens with zero attached hydrogens (tertiary/aromatic N) is 3. The Morgan fingerprint density at radius 3 is 2.56 bits per heavy atom. The van der Waals surface area contributed by atoms with E-state index >= 15 is 0 Å². The van der Waals surface area contributed by atoms with Crippen LogP contribution in [0.25, 0.3) is 0 Å². The number of benzene rings is 1. The molecule has 2 aromatic rings. The van der Waals surface area contributed by atoms with Gasteiger partial charge in [0.15, 0.2) is 5.79 Å². The zero-order valence-corrected chi connectivity index (χ0v) is 15.5. The Hall–Kier alpha value is -2.51. The number of hydrogen-bond donors (Lipinski definition) is 1. The van der Waals surface area contributed by atoms with Gasteiger partial charge in [0, 0.05) is 38.5 Å². The lowest BCUT2D eigenvalue weighted by Crippen LogP contribution is -2.45. The Morgan fingerprint density at radius 1 is 1.15 bits per heavy atom. The maximum absolute atomic E-state index is 12.5. The van der Waals surface area contributed by atoms with Gasteiger partial charge in [-0.3, -0.25) is 4.79 Å². The quantitative estimate of drug-likeness (QED) is 0.890. The third kappa shape index (κ3) is 4.09. The number of anilines is 1. The summed E-state index contributed by atoms with van der Waals surface area (Å²) in [5.41, 5.74) is 2.63. The molecule has 0 aliphatic carbocycles. The van der Waals surface area contributed by atoms with Gasteiger partial charge in [0.2, 0.25) is 0 Å². The van der Waals surface area contributed by atoms with E-state index in [-0.39, 0.29) is 5.91 Å². The van der Waals surface area contributed by atoms with Gasteiger partial charge in [0.05, 0.1) is 13.2 Å². The van der Waals surface area contributed by atoms with E-state index in [2.05, 4.69) is 20.2 Å². The fraction of sp³-hybridized carbons (Fsp3) is 0.450. The smallest absolute Gasteiger partial charge is 0.270 e. The first-order valence-corrected chi connectivity index (χ1v) is 9.32. The standard InChI is InChI=1S/C20H24N4O3/c1-15-2-4-16(5-3-15)13-21-19(25)17-12-18(23-14-22-17)24-8-6-20(7-9-24)26-10-11-27-20/h2-5,12,14H,6-11,13H2,1H3,(H,21,25). The van der Waals surface area contributed by atoms with Crippen molar-refractivity contribution in [3.8, 4) is 0 Å². The largest absolute Gasteiger partial charge is 0.356 e. The van der Waals surface area contributed by atoms with Crippen molar-refractivity contribution in [3.05, 3.63) is 53.5 Å². The molecule has 0 bridgehead atoms. The van der Waals surface area contributed by atoms with Gasteiger partial charge >= 0.3 is 0 Å². The Morgan fingerprint density at radius 2 is 1.85 bits per heavy atom. The molecular formula is C20H24N4O3. The third-order valence-electron chi connectivity index (χ3n) is 5.12. The van der Waals surface area contributed by atoms with Crippen LogP contribution in [0.5, 0.6) is 0 Å². The maximum Gasteiger partial charge on any atom is 0.270 e. The van der Waals surface area contributed by atoms with Crippen molar-refractivity contribution in [2.45, 2.75) is 32.1 Å². The van der Waals surface area contributed by atoms with Crippen molar-refractivity contribution in [1.82, 2.24) is 15.3 Å². The lowest BCUT2D eigenvalue weighted by atomic mass is 10.0. The predicted molar refractivity (Wildman–Crippen MR) is 100 cm³/mol. The molecule has 7 nitrogen and oxygen atoms in total. The summed E-state index contributed by atoms with van der Waals surface area (Å²) < 4.78 is 11.5. The van der Waals surface area contributed by atoms with Gasteiger partial charge in [-0.25, -0.2) is 9.97 Å². The summed E-state index contributed by atoms with van der Waals surface area (Å²) in [6, 6.07) is 9.84. The number of ether oxygens (including phenoxy) is 2. The SMILES string of the molecule is Cc1ccc(CNC(=O)c2cc(N3CCC4(CC3)OCCO4)ncn2)cc1. The molecule has 7 heteroatoms. The van der Waals surface area contributed by atoms with Gasteiger partial charge in [0.25, 0.3) is 5.91 Å². The molecule has 3 heterocycles. The maximum atomic E-state index is 12.5. The lowest BCUT2D eigenvalue weighted by Gasteiger charge is -2.38. The van der Waals surface area contributed by atoms with Crippen LogP contribution in [-0.2, 0) is 16.0 Å². The highest BCUT2D eigenvalue weighted by Gasteiger charge is 2.40. The Kier molecular flexibility index (Phi) is 5.05. The van der Waals surface area contributed by atoms with E-state index < -0.39 is 5.79 Å². The fourth-order valence-electron chi connectivity index (χ4n) is 3.49. The molecule has 0 atom stereocenters. The van der Waals surface area contributed by atoms with Crippen LogP contribution in [0.15, 0.2) is 36.7 Å². The Balaban J connectivity index is 1.37. The number of piperidine rings is 1. The average molecular weight is 368 g/mol. The molecule has 2 saturated heterocycles. The van der Waals surface area contributed by atoms with E-state index in [9.17, 15) is 4.79 Å². The van der Waals surface area contributed by atoms with E-state index in [4.69, 9.17) is 9.47 Å². The molecule has 1 aromatic heterocycles. The molecule has 1 amide bonds. The minimum Gasteiger partial charge on any atom is -0.356 e. The summed E-state index contributed by atoms with van der Waals surface area (Å²) in [4.78, 5) is 23.1. The molecular weight excluding hydrogens is 344 g/mol. The molecule has 142 valence electrons. The molecule has 27 heavy (non-hydrogen) atoms. The molecule has 1 aromatic carbocycles. The van der Waals surface area contributed by atoms with Crippen LogP contribution in [0, 0.1) is 6.92 Å². The van der Waals surface area contributed by atoms with Crippen molar-refractivity contribution in [3.63, 3.8) is 0 Å². The van der Waals surface area contributed by atoms with Crippen molar-refractivity contribution >= 4 is 11.7 Å². The second-order valence-corrected chi connectivity index (χ2v) is 7.02. The fourth-order valence-corrected chi connectivity index (χ4v) is 3.49. The number of nitrogens with one attached hydrogen (secondary N) is 1. The zero-order valence-electron chi connectivity index (χ0n) is 15.5. The second kappa shape index (κ2) is 7.62. The Bertz CT molecular complexity index is 793. The van der Waals surface area contributed by atoms with E-state index in [1.807, 2.05) is 31.2 Å². The van der Waals surface area contributed by atoms with Crippen LogP contribution < -0.4 is 10.2 Å². The van der Waals surface area contributed by atoms with Gasteiger partial charge in [-0.1, -0.05) is 29.8 Å². The van der Waals surface area contributed by atoms with E-state index in [0.717, 1.165) is 37.3 Å². The van der Waals surface area contributed by atoms with Crippen molar-refractivity contribution in [2.75, 3.05) is 31.2 Å². The normalized spacial score (nSPS) is 18.6. The van der Waals surface area contributed by atoms with E-state index in [1.54, 1.807) is 6.07 Å². The van der Waals surface area contributed by atoms with Gasteiger partial charge in [0.1, 0.15) is 17.8 Å². The van der Waals surface area contributed by atoms with Crippen LogP contribution in [-0.4, -0.2) is 48.0 Å². The second-order valence-electron chi connectivity index (χ2n) is 7.02. The highest BCUT2D eigenvalue weighted by molar-refractivity contribution is 5.92. The molecule has 2 aliphatic heterocycles. The van der Waals surface area contributed by atoms with Crippen LogP contribution in [0.2, 0.25) is 0 Å². The highest BCUT2D eigenvalue weighted by atomic mass is 16.7. The van der Waals surface area contributed by atoms with Gasteiger partial charge in [-0.15, -0.1) is 0 Å². The number of aryl methyl sites for hydroxylation is 1. The minimum absolute atomic E-state index is 0.199. The minimum atomic E-state index is -0.419. The number of hydrogen-bond acceptors (Lipinski definition) is 6. The summed E-state index contributed by atoms with van der Waals surface area (Å²) in [5, 5.41) is 2.92. The summed E-state index contributed by atoms with van der Waals surface area (Å²) in [6.45, 7) is 5.40. The number of aromatic nitrogens is 2. The number of carbonyl (C=O) groups is 1. The molecule has 4 rings (SSSR count). The number of amides is 1. The summed E-state index contributed by atoms with van der Waals surface area (Å²) >= 11 is 0. The van der Waals surface area contributed by atoms with Crippen LogP contribution in [0.3, 0.4) is 0 Å². The van der Waals surface area contributed by atoms with E-state index in [1.165, 1.54) is 11.9 Å². The highest BCUT2D eigenvalue weighted by Crippen LogP contribution is 2.32. The van der Waals surface area contributed by atoms with Crippen LogP contribution in [0.4, 0.5) is 5.82 Å². The lowest BCUT2D eigenvalue weighted by molar-refractivity contribution is -0.169. The molecule has 2 fully saturated rings. The van der Waals surface area contributed by atoms with Crippen molar-refractivity contribution < 1.29 is 14.3 Å². The van der Waals surface area contributed by atoms with Crippen molar-refractivity contribution in [1.29, 1.82) is 0 Å². The summed E-state index contributed by atoms with van der Waals surface area (Å²) in [5.74, 6) is 0.145. The van der Waals surface area contributed by atoms with E-state index in [0.29, 0.717) is 25.5 Å². The first-order valence-electron chi connectivity index (χ1n) is 9.32. The number of carbonyl (C=O) groups excluding carboxylic acids is 1. The Labute approximate surface area is 158 Å². The molecule has 0 unspecified atom stereocenters. The molecule has 1 spiro atoms. The van der Waals surface area contributed by atoms with Crippen molar-refractivity contribution in [2.24, 2.45) is 0 Å². The summed E-state index contributed by atoms with van der Waals surface area (Å²) in [7, 11) is 0. The molecule has 0 saturated carbocycles. The first-order chi connectivity index (χ1) is 13.1. The van der Waals surface area contributed by atoms with Gasteiger partial charge in [-0.05, 0) is 12.5 Å². The van der Waals surface area contributed by atoms with Crippen LogP contribution >= 0.6 is 0 Å². The first kappa shape index (κ1) is 17.9. The summed E-state index contributed by atoms with van der Waals surface area (Å²) in [6.07, 6.45) is 3.04. The van der Waals surface area contributed by atoms with Gasteiger partial charge in [-0.2, -0.15) is 0 Å². The zero-order chi connectivity index (χ0) is 18.7. The van der Waals surface area contributed by atoms with Crippen LogP contribution in [0.1, 0.15) is 34.5 Å².